The summed E-state index contributed by atoms with van der Waals surface area (Å²) in [5.74, 6) is -2.23. The van der Waals surface area contributed by atoms with Gasteiger partial charge in [-0.15, -0.1) is 0 Å². The van der Waals surface area contributed by atoms with Crippen LogP contribution in [0.3, 0.4) is 0 Å². The molecule has 3 N–H and O–H groups in total. The highest BCUT2D eigenvalue weighted by Gasteiger charge is 2.08. The number of anilines is 1. The summed E-state index contributed by atoms with van der Waals surface area (Å²) in [6.07, 6.45) is 0. The number of hydrogen-bond donors (Lipinski definition) is 3. The summed E-state index contributed by atoms with van der Waals surface area (Å²) >= 11 is 0. The van der Waals surface area contributed by atoms with Crippen LogP contribution in [0.4, 0.5) is 19.3 Å². The van der Waals surface area contributed by atoms with E-state index in [9.17, 15) is 18.4 Å². The lowest BCUT2D eigenvalue weighted by molar-refractivity contribution is -0.123. The summed E-state index contributed by atoms with van der Waals surface area (Å²) in [5.41, 5.74) is 1.43. The molecule has 0 bridgehead atoms. The Bertz CT molecular complexity index is 795. The lowest BCUT2D eigenvalue weighted by Gasteiger charge is -2.11. The predicted octanol–water partition coefficient (Wildman–Crippen LogP) is 3.19. The topological polar surface area (TPSA) is 79.5 Å². The van der Waals surface area contributed by atoms with Crippen LogP contribution in [0.25, 0.3) is 0 Å². The Hall–Kier alpha value is -3.16. The average Bonchev–Trinajstić information content (AvgIpc) is 2.59. The molecule has 0 radical (unpaired) electrons. The highest BCUT2D eigenvalue weighted by Crippen LogP contribution is 2.17. The summed E-state index contributed by atoms with van der Waals surface area (Å²) in [6.45, 7) is 3.57. The van der Waals surface area contributed by atoms with Crippen molar-refractivity contribution in [3.8, 4) is 5.75 Å². The Balaban J connectivity index is 1.77. The molecular formula is C19H21F2N3O3. The van der Waals surface area contributed by atoms with Gasteiger partial charge in [0.2, 0.25) is 0 Å². The van der Waals surface area contributed by atoms with E-state index in [2.05, 4.69) is 16.0 Å². The molecule has 3 amide bonds. The Morgan fingerprint density at radius 2 is 1.78 bits per heavy atom. The minimum atomic E-state index is -0.868. The van der Waals surface area contributed by atoms with E-state index in [-0.39, 0.29) is 24.4 Å². The van der Waals surface area contributed by atoms with E-state index >= 15 is 0 Å². The third kappa shape index (κ3) is 6.93. The van der Waals surface area contributed by atoms with Gasteiger partial charge in [-0.25, -0.2) is 13.6 Å². The molecule has 0 spiro atoms. The molecule has 2 aromatic rings. The Labute approximate surface area is 155 Å². The first kappa shape index (κ1) is 20.2. The number of halogens is 2. The first-order valence-electron chi connectivity index (χ1n) is 8.34. The predicted molar refractivity (Wildman–Crippen MR) is 97.4 cm³/mol. The molecule has 0 aliphatic heterocycles. The summed E-state index contributed by atoms with van der Waals surface area (Å²) in [6, 6.07) is 9.53. The SMILES string of the molecule is CC(C)NC(=O)Nc1ccc(CNC(=O)COc2ccc(F)cc2F)cc1. The third-order valence-corrected chi connectivity index (χ3v) is 3.37. The Morgan fingerprint density at radius 3 is 2.41 bits per heavy atom. The van der Waals surface area contributed by atoms with Gasteiger partial charge in [0, 0.05) is 24.3 Å². The molecule has 2 rings (SSSR count). The largest absolute Gasteiger partial charge is 0.481 e. The number of hydrogen-bond acceptors (Lipinski definition) is 3. The smallest absolute Gasteiger partial charge is 0.319 e. The highest BCUT2D eigenvalue weighted by atomic mass is 19.1. The average molecular weight is 377 g/mol. The number of benzene rings is 2. The van der Waals surface area contributed by atoms with Gasteiger partial charge >= 0.3 is 6.03 Å². The van der Waals surface area contributed by atoms with Gasteiger partial charge in [0.25, 0.3) is 5.91 Å². The fourth-order valence-corrected chi connectivity index (χ4v) is 2.12. The van der Waals surface area contributed by atoms with Crippen LogP contribution < -0.4 is 20.7 Å². The van der Waals surface area contributed by atoms with Crippen LogP contribution in [0, 0.1) is 11.6 Å². The van der Waals surface area contributed by atoms with Crippen LogP contribution in [-0.4, -0.2) is 24.6 Å². The monoisotopic (exact) mass is 377 g/mol. The van der Waals surface area contributed by atoms with Crippen LogP contribution >= 0.6 is 0 Å². The molecule has 0 heterocycles. The lowest BCUT2D eigenvalue weighted by Crippen LogP contribution is -2.34. The summed E-state index contributed by atoms with van der Waals surface area (Å²) < 4.78 is 31.3. The van der Waals surface area contributed by atoms with Crippen LogP contribution in [0.1, 0.15) is 19.4 Å². The van der Waals surface area contributed by atoms with Gasteiger partial charge in [0.15, 0.2) is 18.2 Å². The van der Waals surface area contributed by atoms with Crippen molar-refractivity contribution in [2.45, 2.75) is 26.4 Å². The molecule has 0 saturated carbocycles. The number of amides is 3. The maximum atomic E-state index is 13.4. The zero-order valence-corrected chi connectivity index (χ0v) is 15.0. The highest BCUT2D eigenvalue weighted by molar-refractivity contribution is 5.89. The van der Waals surface area contributed by atoms with Crippen molar-refractivity contribution >= 4 is 17.6 Å². The minimum absolute atomic E-state index is 0.0325. The second kappa shape index (κ2) is 9.51. The number of ether oxygens (including phenoxy) is 1. The number of carbonyl (C=O) groups is 2. The van der Waals surface area contributed by atoms with Crippen molar-refractivity contribution in [3.05, 3.63) is 59.7 Å². The van der Waals surface area contributed by atoms with E-state index in [1.165, 1.54) is 0 Å². The fraction of sp³-hybridized carbons (Fsp3) is 0.263. The molecule has 8 heteroatoms. The van der Waals surface area contributed by atoms with E-state index in [4.69, 9.17) is 4.74 Å². The van der Waals surface area contributed by atoms with E-state index in [0.717, 1.165) is 17.7 Å². The van der Waals surface area contributed by atoms with Crippen molar-refractivity contribution in [1.29, 1.82) is 0 Å². The van der Waals surface area contributed by atoms with Crippen LogP contribution in [0.15, 0.2) is 42.5 Å². The molecule has 0 fully saturated rings. The van der Waals surface area contributed by atoms with Gasteiger partial charge in [0.1, 0.15) is 5.82 Å². The van der Waals surface area contributed by atoms with Gasteiger partial charge in [0.05, 0.1) is 0 Å². The van der Waals surface area contributed by atoms with Crippen LogP contribution in [0.2, 0.25) is 0 Å². The van der Waals surface area contributed by atoms with E-state index < -0.39 is 24.1 Å². The van der Waals surface area contributed by atoms with Gasteiger partial charge in [-0.05, 0) is 43.7 Å². The molecule has 2 aromatic carbocycles. The first-order valence-corrected chi connectivity index (χ1v) is 8.34. The zero-order chi connectivity index (χ0) is 19.8. The molecule has 0 aliphatic rings. The van der Waals surface area contributed by atoms with Crippen molar-refractivity contribution < 1.29 is 23.1 Å². The second-order valence-electron chi connectivity index (χ2n) is 6.09. The minimum Gasteiger partial charge on any atom is -0.481 e. The molecule has 144 valence electrons. The normalized spacial score (nSPS) is 10.4. The fourth-order valence-electron chi connectivity index (χ4n) is 2.12. The number of urea groups is 1. The van der Waals surface area contributed by atoms with Gasteiger partial charge < -0.3 is 20.7 Å². The summed E-state index contributed by atoms with van der Waals surface area (Å²) in [5, 5.41) is 8.03. The Kier molecular flexibility index (Phi) is 7.10. The van der Waals surface area contributed by atoms with E-state index in [0.29, 0.717) is 11.8 Å². The van der Waals surface area contributed by atoms with Crippen LogP contribution in [-0.2, 0) is 11.3 Å². The molecule has 0 aromatic heterocycles. The molecule has 0 aliphatic carbocycles. The number of carbonyl (C=O) groups excluding carboxylic acids is 2. The van der Waals surface area contributed by atoms with E-state index in [1.54, 1.807) is 24.3 Å². The molecule has 0 saturated heterocycles. The number of rotatable bonds is 7. The lowest BCUT2D eigenvalue weighted by atomic mass is 10.2. The van der Waals surface area contributed by atoms with Gasteiger partial charge in [-0.3, -0.25) is 4.79 Å². The molecule has 0 atom stereocenters. The van der Waals surface area contributed by atoms with Crippen molar-refractivity contribution in [2.24, 2.45) is 0 Å². The maximum Gasteiger partial charge on any atom is 0.319 e. The van der Waals surface area contributed by atoms with Gasteiger partial charge in [-0.2, -0.15) is 0 Å². The quantitative estimate of drug-likeness (QED) is 0.693. The third-order valence-electron chi connectivity index (χ3n) is 3.37. The summed E-state index contributed by atoms with van der Waals surface area (Å²) in [7, 11) is 0. The standard InChI is InChI=1S/C19H21F2N3O3/c1-12(2)23-19(26)24-15-6-3-13(4-7-15)10-22-18(25)11-27-17-8-5-14(20)9-16(17)21/h3-9,12H,10-11H2,1-2H3,(H,22,25)(H2,23,24,26). The second-order valence-corrected chi connectivity index (χ2v) is 6.09. The molecule has 27 heavy (non-hydrogen) atoms. The summed E-state index contributed by atoms with van der Waals surface area (Å²) in [4.78, 5) is 23.4. The maximum absolute atomic E-state index is 13.4. The van der Waals surface area contributed by atoms with Crippen molar-refractivity contribution in [1.82, 2.24) is 10.6 Å². The Morgan fingerprint density at radius 1 is 1.07 bits per heavy atom. The van der Waals surface area contributed by atoms with Crippen molar-refractivity contribution in [3.63, 3.8) is 0 Å². The van der Waals surface area contributed by atoms with Gasteiger partial charge in [-0.1, -0.05) is 12.1 Å². The van der Waals surface area contributed by atoms with Crippen LogP contribution in [0.5, 0.6) is 5.75 Å². The first-order chi connectivity index (χ1) is 12.8. The molecule has 0 unspecified atom stereocenters. The molecular weight excluding hydrogens is 356 g/mol. The van der Waals surface area contributed by atoms with E-state index in [1.807, 2.05) is 13.8 Å². The van der Waals surface area contributed by atoms with Crippen molar-refractivity contribution in [2.75, 3.05) is 11.9 Å². The zero-order valence-electron chi connectivity index (χ0n) is 15.0. The molecule has 6 nitrogen and oxygen atoms in total. The number of nitrogens with one attached hydrogen (secondary N) is 3.